The number of carbonyl (C=O) groups is 1. The van der Waals surface area contributed by atoms with Crippen LogP contribution in [0.3, 0.4) is 0 Å². The van der Waals surface area contributed by atoms with Crippen LogP contribution in [-0.4, -0.2) is 26.3 Å². The van der Waals surface area contributed by atoms with Gasteiger partial charge in [-0.1, -0.05) is 29.4 Å². The summed E-state index contributed by atoms with van der Waals surface area (Å²) in [6.45, 7) is 1.75. The van der Waals surface area contributed by atoms with Gasteiger partial charge in [0.2, 0.25) is 5.91 Å². The molecule has 1 N–H and O–H groups in total. The van der Waals surface area contributed by atoms with Gasteiger partial charge in [0.15, 0.2) is 0 Å². The van der Waals surface area contributed by atoms with E-state index in [4.69, 9.17) is 16.0 Å². The number of nitrogens with zero attached hydrogens (tertiary/aromatic N) is 3. The van der Waals surface area contributed by atoms with Gasteiger partial charge in [-0.25, -0.2) is 4.98 Å². The van der Waals surface area contributed by atoms with Crippen molar-refractivity contribution in [3.63, 3.8) is 0 Å². The Morgan fingerprint density at radius 2 is 2.26 bits per heavy atom. The first-order chi connectivity index (χ1) is 11.1. The Morgan fingerprint density at radius 1 is 1.39 bits per heavy atom. The Kier molecular flexibility index (Phi) is 4.94. The average molecular weight is 367 g/mol. The number of aromatic nitrogens is 3. The summed E-state index contributed by atoms with van der Waals surface area (Å²) in [5, 5.41) is 13.0. The molecule has 0 aliphatic rings. The fourth-order valence-electron chi connectivity index (χ4n) is 1.64. The van der Waals surface area contributed by atoms with E-state index in [9.17, 15) is 4.79 Å². The molecule has 3 aromatic rings. The molecule has 0 fully saturated rings. The van der Waals surface area contributed by atoms with Gasteiger partial charge in [-0.2, -0.15) is 0 Å². The third-order valence-electron chi connectivity index (χ3n) is 2.76. The van der Waals surface area contributed by atoms with E-state index >= 15 is 0 Å². The molecule has 3 rings (SSSR count). The topological polar surface area (TPSA) is 80.9 Å². The van der Waals surface area contributed by atoms with Crippen molar-refractivity contribution in [2.75, 3.05) is 5.32 Å². The molecule has 3 heterocycles. The second-order valence-corrected chi connectivity index (χ2v) is 7.14. The molecule has 0 radical (unpaired) electrons. The van der Waals surface area contributed by atoms with E-state index in [2.05, 4.69) is 20.5 Å². The smallest absolute Gasteiger partial charge is 0.277 e. The molecule has 0 saturated heterocycles. The summed E-state index contributed by atoms with van der Waals surface area (Å²) in [4.78, 5) is 17.1. The van der Waals surface area contributed by atoms with E-state index in [0.717, 1.165) is 4.88 Å². The van der Waals surface area contributed by atoms with E-state index in [-0.39, 0.29) is 5.91 Å². The van der Waals surface area contributed by atoms with Gasteiger partial charge in [0, 0.05) is 6.20 Å². The maximum Gasteiger partial charge on any atom is 0.277 e. The Bertz CT molecular complexity index is 789. The Balaban J connectivity index is 1.61. The number of thioether (sulfide) groups is 1. The third kappa shape index (κ3) is 4.10. The van der Waals surface area contributed by atoms with Crippen LogP contribution in [0.2, 0.25) is 5.02 Å². The average Bonchev–Trinajstić information content (AvgIpc) is 3.20. The lowest BCUT2D eigenvalue weighted by atomic mass is 10.4. The second kappa shape index (κ2) is 7.12. The number of carbonyl (C=O) groups excluding carboxylic acids is 1. The summed E-state index contributed by atoms with van der Waals surface area (Å²) < 4.78 is 5.55. The van der Waals surface area contributed by atoms with Crippen LogP contribution in [0.4, 0.5) is 5.82 Å². The zero-order valence-corrected chi connectivity index (χ0v) is 14.3. The lowest BCUT2D eigenvalue weighted by Crippen LogP contribution is -2.22. The van der Waals surface area contributed by atoms with Gasteiger partial charge in [0.25, 0.3) is 11.1 Å². The fourth-order valence-corrected chi connectivity index (χ4v) is 3.08. The maximum atomic E-state index is 12.1. The number of pyridine rings is 1. The molecule has 118 valence electrons. The van der Waals surface area contributed by atoms with E-state index in [1.165, 1.54) is 29.3 Å². The van der Waals surface area contributed by atoms with Crippen LogP contribution in [0.1, 0.15) is 6.92 Å². The van der Waals surface area contributed by atoms with Gasteiger partial charge in [0.05, 0.1) is 15.1 Å². The van der Waals surface area contributed by atoms with Crippen LogP contribution in [0, 0.1) is 0 Å². The fraction of sp³-hybridized carbons (Fsp3) is 0.143. The van der Waals surface area contributed by atoms with Gasteiger partial charge in [-0.15, -0.1) is 21.5 Å². The summed E-state index contributed by atoms with van der Waals surface area (Å²) in [5.41, 5.74) is 0. The number of anilines is 1. The predicted octanol–water partition coefficient (Wildman–Crippen LogP) is 3.97. The first kappa shape index (κ1) is 16.0. The number of hydrogen-bond acceptors (Lipinski definition) is 7. The van der Waals surface area contributed by atoms with Gasteiger partial charge in [-0.05, 0) is 30.5 Å². The van der Waals surface area contributed by atoms with Crippen LogP contribution in [0.15, 0.2) is 45.5 Å². The minimum absolute atomic E-state index is 0.208. The van der Waals surface area contributed by atoms with Gasteiger partial charge in [0.1, 0.15) is 5.82 Å². The number of thiophene rings is 1. The molecular weight excluding hydrogens is 356 g/mol. The molecule has 0 aliphatic heterocycles. The van der Waals surface area contributed by atoms with Crippen molar-refractivity contribution in [3.05, 3.63) is 40.9 Å². The molecule has 1 unspecified atom stereocenters. The van der Waals surface area contributed by atoms with Crippen molar-refractivity contribution < 1.29 is 9.21 Å². The molecule has 23 heavy (non-hydrogen) atoms. The van der Waals surface area contributed by atoms with Crippen molar-refractivity contribution in [1.82, 2.24) is 15.2 Å². The lowest BCUT2D eigenvalue weighted by Gasteiger charge is -2.08. The highest BCUT2D eigenvalue weighted by Crippen LogP contribution is 2.28. The summed E-state index contributed by atoms with van der Waals surface area (Å²) in [6, 6.07) is 7.10. The maximum absolute atomic E-state index is 12.1. The molecule has 0 bridgehead atoms. The molecule has 0 saturated carbocycles. The third-order valence-corrected chi connectivity index (χ3v) is 4.78. The van der Waals surface area contributed by atoms with Crippen molar-refractivity contribution in [3.8, 4) is 10.8 Å². The molecule has 9 heteroatoms. The zero-order chi connectivity index (χ0) is 16.2. The molecule has 1 atom stereocenters. The highest BCUT2D eigenvalue weighted by molar-refractivity contribution is 8.00. The number of amides is 1. The number of hydrogen-bond donors (Lipinski definition) is 1. The van der Waals surface area contributed by atoms with E-state index < -0.39 is 5.25 Å². The minimum Gasteiger partial charge on any atom is -0.410 e. The first-order valence-electron chi connectivity index (χ1n) is 6.58. The standard InChI is InChI=1S/C14H11ClN4O2S2/c1-8(12(20)17-11-5-4-9(15)7-16-11)23-14-19-18-13(21-14)10-3-2-6-22-10/h2-8H,1H3,(H,16,17,20). The summed E-state index contributed by atoms with van der Waals surface area (Å²) in [6.07, 6.45) is 1.47. The normalized spacial score (nSPS) is 12.1. The molecule has 0 spiro atoms. The predicted molar refractivity (Wildman–Crippen MR) is 90.8 cm³/mol. The van der Waals surface area contributed by atoms with E-state index in [0.29, 0.717) is 22.0 Å². The van der Waals surface area contributed by atoms with Crippen molar-refractivity contribution >= 4 is 46.4 Å². The van der Waals surface area contributed by atoms with Gasteiger partial charge < -0.3 is 9.73 Å². The largest absolute Gasteiger partial charge is 0.410 e. The minimum atomic E-state index is -0.413. The van der Waals surface area contributed by atoms with Crippen LogP contribution >= 0.6 is 34.7 Å². The van der Waals surface area contributed by atoms with E-state index in [1.807, 2.05) is 17.5 Å². The molecule has 0 aliphatic carbocycles. The first-order valence-corrected chi connectivity index (χ1v) is 8.72. The molecule has 1 amide bonds. The molecule has 6 nitrogen and oxygen atoms in total. The highest BCUT2D eigenvalue weighted by Gasteiger charge is 2.19. The molecular formula is C14H11ClN4O2S2. The van der Waals surface area contributed by atoms with Crippen molar-refractivity contribution in [2.24, 2.45) is 0 Å². The second-order valence-electron chi connectivity index (χ2n) is 4.46. The van der Waals surface area contributed by atoms with Gasteiger partial charge in [-0.3, -0.25) is 4.79 Å². The Hall–Kier alpha value is -1.90. The molecule has 3 aromatic heterocycles. The number of nitrogens with one attached hydrogen (secondary N) is 1. The SMILES string of the molecule is CC(Sc1nnc(-c2cccs2)o1)C(=O)Nc1ccc(Cl)cn1. The van der Waals surface area contributed by atoms with Crippen LogP contribution in [0.5, 0.6) is 0 Å². The summed E-state index contributed by atoms with van der Waals surface area (Å²) in [5.74, 6) is 0.687. The van der Waals surface area contributed by atoms with Crippen LogP contribution in [0.25, 0.3) is 10.8 Å². The lowest BCUT2D eigenvalue weighted by molar-refractivity contribution is -0.115. The molecule has 0 aromatic carbocycles. The Labute approximate surface area is 145 Å². The quantitative estimate of drug-likeness (QED) is 0.688. The number of rotatable bonds is 5. The van der Waals surface area contributed by atoms with Crippen LogP contribution in [-0.2, 0) is 4.79 Å². The highest BCUT2D eigenvalue weighted by atomic mass is 35.5. The van der Waals surface area contributed by atoms with E-state index in [1.54, 1.807) is 19.1 Å². The number of halogens is 1. The van der Waals surface area contributed by atoms with Crippen LogP contribution < -0.4 is 5.32 Å². The van der Waals surface area contributed by atoms with Gasteiger partial charge >= 0.3 is 0 Å². The zero-order valence-electron chi connectivity index (χ0n) is 11.9. The monoisotopic (exact) mass is 366 g/mol. The summed E-state index contributed by atoms with van der Waals surface area (Å²) in [7, 11) is 0. The Morgan fingerprint density at radius 3 is 2.96 bits per heavy atom. The van der Waals surface area contributed by atoms with Crippen molar-refractivity contribution in [2.45, 2.75) is 17.4 Å². The summed E-state index contributed by atoms with van der Waals surface area (Å²) >= 11 is 8.46. The van der Waals surface area contributed by atoms with Crippen molar-refractivity contribution in [1.29, 1.82) is 0 Å².